The fourth-order valence-corrected chi connectivity index (χ4v) is 2.47. The van der Waals surface area contributed by atoms with Crippen LogP contribution in [0.4, 0.5) is 0 Å². The summed E-state index contributed by atoms with van der Waals surface area (Å²) in [6, 6.07) is 0. The van der Waals surface area contributed by atoms with Gasteiger partial charge in [0.2, 0.25) is 0 Å². The monoisotopic (exact) mass is 305 g/mol. The summed E-state index contributed by atoms with van der Waals surface area (Å²) >= 11 is 0. The number of carbonyl (C=O) groups excluding carboxylic acids is 1. The number of carbonyl (C=O) groups is 1. The molecule has 0 unspecified atom stereocenters. The summed E-state index contributed by atoms with van der Waals surface area (Å²) in [6.07, 6.45) is 0.996. The largest absolute Gasteiger partial charge is 0.447 e. The van der Waals surface area contributed by atoms with Gasteiger partial charge in [-0.2, -0.15) is 5.10 Å². The van der Waals surface area contributed by atoms with Gasteiger partial charge in [0.15, 0.2) is 17.9 Å². The molecule has 118 valence electrons. The summed E-state index contributed by atoms with van der Waals surface area (Å²) in [5.74, 6) is 1.87. The molecule has 0 aromatic carbocycles. The van der Waals surface area contributed by atoms with Crippen LogP contribution in [0.5, 0.6) is 0 Å². The highest BCUT2D eigenvalue weighted by Gasteiger charge is 2.31. The molecule has 22 heavy (non-hydrogen) atoms. The number of H-pyrrole nitrogens is 1. The Hall–Kier alpha value is -2.22. The molecule has 1 atom stereocenters. The Morgan fingerprint density at radius 1 is 1.50 bits per heavy atom. The van der Waals surface area contributed by atoms with E-state index >= 15 is 0 Å². The van der Waals surface area contributed by atoms with Crippen LogP contribution >= 0.6 is 0 Å². The number of amides is 1. The van der Waals surface area contributed by atoms with Crippen LogP contribution in [0.25, 0.3) is 0 Å². The van der Waals surface area contributed by atoms with Crippen molar-refractivity contribution in [2.75, 3.05) is 19.7 Å². The van der Waals surface area contributed by atoms with E-state index in [1.165, 1.54) is 6.39 Å². The minimum absolute atomic E-state index is 0.106. The van der Waals surface area contributed by atoms with E-state index in [0.717, 1.165) is 5.82 Å². The summed E-state index contributed by atoms with van der Waals surface area (Å²) in [7, 11) is 0. The van der Waals surface area contributed by atoms with Crippen LogP contribution in [0.3, 0.4) is 0 Å². The molecule has 1 aliphatic rings. The Kier molecular flexibility index (Phi) is 3.93. The van der Waals surface area contributed by atoms with Gasteiger partial charge in [0.1, 0.15) is 17.7 Å². The molecule has 3 rings (SSSR count). The summed E-state index contributed by atoms with van der Waals surface area (Å²) in [5.41, 5.74) is 0.377. The highest BCUT2D eigenvalue weighted by molar-refractivity contribution is 5.93. The number of oxazole rings is 1. The highest BCUT2D eigenvalue weighted by Crippen LogP contribution is 2.23. The zero-order valence-electron chi connectivity index (χ0n) is 12.9. The quantitative estimate of drug-likeness (QED) is 0.921. The van der Waals surface area contributed by atoms with Crippen LogP contribution < -0.4 is 0 Å². The van der Waals surface area contributed by atoms with Gasteiger partial charge in [-0.25, -0.2) is 9.97 Å². The van der Waals surface area contributed by atoms with Gasteiger partial charge in [0.05, 0.1) is 13.2 Å². The summed E-state index contributed by atoms with van der Waals surface area (Å²) in [6.45, 7) is 7.13. The molecule has 0 radical (unpaired) electrons. The van der Waals surface area contributed by atoms with Crippen LogP contribution in [0.1, 0.15) is 53.8 Å². The van der Waals surface area contributed by atoms with Gasteiger partial charge < -0.3 is 14.1 Å². The molecule has 0 spiro atoms. The summed E-state index contributed by atoms with van der Waals surface area (Å²) in [4.78, 5) is 22.7. The topological polar surface area (TPSA) is 97.1 Å². The van der Waals surface area contributed by atoms with Crippen molar-refractivity contribution in [1.82, 2.24) is 25.1 Å². The predicted molar refractivity (Wildman–Crippen MR) is 76.3 cm³/mol. The zero-order valence-corrected chi connectivity index (χ0v) is 12.9. The molecular formula is C14H19N5O3. The molecule has 0 aliphatic carbocycles. The maximum atomic E-state index is 12.7. The Morgan fingerprint density at radius 2 is 2.32 bits per heavy atom. The lowest BCUT2D eigenvalue weighted by atomic mass is 10.1. The number of rotatable bonds is 3. The van der Waals surface area contributed by atoms with E-state index in [2.05, 4.69) is 20.2 Å². The first kappa shape index (κ1) is 14.7. The summed E-state index contributed by atoms with van der Waals surface area (Å²) in [5, 5.41) is 6.90. The second-order valence-corrected chi connectivity index (χ2v) is 5.61. The molecule has 2 aromatic heterocycles. The molecule has 1 saturated heterocycles. The third kappa shape index (κ3) is 2.74. The minimum atomic E-state index is -0.322. The van der Waals surface area contributed by atoms with Gasteiger partial charge in [0, 0.05) is 12.5 Å². The predicted octanol–water partition coefficient (Wildman–Crippen LogP) is 1.44. The van der Waals surface area contributed by atoms with E-state index in [1.807, 2.05) is 20.8 Å². The Balaban J connectivity index is 1.77. The van der Waals surface area contributed by atoms with Crippen molar-refractivity contribution >= 4 is 5.91 Å². The minimum Gasteiger partial charge on any atom is -0.447 e. The normalized spacial score (nSPS) is 18.9. The van der Waals surface area contributed by atoms with Crippen LogP contribution in [0.15, 0.2) is 10.8 Å². The number of aryl methyl sites for hydroxylation is 1. The number of aromatic nitrogens is 4. The molecule has 3 heterocycles. The molecule has 1 amide bonds. The van der Waals surface area contributed by atoms with Crippen LogP contribution in [-0.4, -0.2) is 50.7 Å². The molecular weight excluding hydrogens is 286 g/mol. The average Bonchev–Trinajstić information content (AvgIpc) is 3.15. The lowest BCUT2D eigenvalue weighted by molar-refractivity contribution is -0.0269. The Labute approximate surface area is 127 Å². The van der Waals surface area contributed by atoms with Gasteiger partial charge in [-0.1, -0.05) is 13.8 Å². The lowest BCUT2D eigenvalue weighted by Gasteiger charge is -2.31. The van der Waals surface area contributed by atoms with Crippen molar-refractivity contribution in [2.24, 2.45) is 0 Å². The first-order valence-electron chi connectivity index (χ1n) is 7.29. The number of hydrogen-bond donors (Lipinski definition) is 1. The van der Waals surface area contributed by atoms with E-state index in [-0.39, 0.29) is 17.9 Å². The number of ether oxygens (including phenoxy) is 1. The third-order valence-corrected chi connectivity index (χ3v) is 3.58. The molecule has 1 aliphatic heterocycles. The van der Waals surface area contributed by atoms with Gasteiger partial charge in [-0.15, -0.1) is 0 Å². The van der Waals surface area contributed by atoms with Crippen LogP contribution in [-0.2, 0) is 4.74 Å². The van der Waals surface area contributed by atoms with Gasteiger partial charge in [-0.05, 0) is 6.92 Å². The van der Waals surface area contributed by atoms with Crippen molar-refractivity contribution in [1.29, 1.82) is 0 Å². The maximum absolute atomic E-state index is 12.7. The third-order valence-electron chi connectivity index (χ3n) is 3.58. The number of nitrogens with one attached hydrogen (secondary N) is 1. The van der Waals surface area contributed by atoms with Gasteiger partial charge in [0.25, 0.3) is 5.91 Å². The molecule has 8 nitrogen and oxygen atoms in total. The van der Waals surface area contributed by atoms with Crippen molar-refractivity contribution < 1.29 is 13.9 Å². The fourth-order valence-electron chi connectivity index (χ4n) is 2.47. The Bertz CT molecular complexity index is 663. The van der Waals surface area contributed by atoms with E-state index in [0.29, 0.717) is 37.0 Å². The molecule has 8 heteroatoms. The van der Waals surface area contributed by atoms with E-state index in [9.17, 15) is 4.79 Å². The second-order valence-electron chi connectivity index (χ2n) is 5.61. The highest BCUT2D eigenvalue weighted by atomic mass is 16.5. The van der Waals surface area contributed by atoms with Gasteiger partial charge >= 0.3 is 0 Å². The molecule has 1 fully saturated rings. The number of hydrogen-bond acceptors (Lipinski definition) is 6. The molecule has 0 saturated carbocycles. The van der Waals surface area contributed by atoms with Gasteiger partial charge in [-0.3, -0.25) is 9.89 Å². The first-order valence-corrected chi connectivity index (χ1v) is 7.29. The van der Waals surface area contributed by atoms with E-state index < -0.39 is 0 Å². The first-order chi connectivity index (χ1) is 10.6. The number of nitrogens with zero attached hydrogens (tertiary/aromatic N) is 4. The van der Waals surface area contributed by atoms with Crippen LogP contribution in [0, 0.1) is 6.92 Å². The van der Waals surface area contributed by atoms with Crippen LogP contribution in [0.2, 0.25) is 0 Å². The van der Waals surface area contributed by atoms with Crippen molar-refractivity contribution in [2.45, 2.75) is 32.8 Å². The van der Waals surface area contributed by atoms with E-state index in [1.54, 1.807) is 4.90 Å². The standard InChI is InChI=1S/C14H19N5O3/c1-8(2)12-11(15-7-22-12)14(20)19-4-5-21-10(6-19)13-16-9(3)17-18-13/h7-8,10H,4-6H2,1-3H3,(H,16,17,18)/t10-/m1/s1. The SMILES string of the molecule is Cc1nc([C@H]2CN(C(=O)c3ncoc3C(C)C)CCO2)n[nH]1. The lowest BCUT2D eigenvalue weighted by Crippen LogP contribution is -2.43. The second kappa shape index (κ2) is 5.88. The van der Waals surface area contributed by atoms with E-state index in [4.69, 9.17) is 9.15 Å². The average molecular weight is 305 g/mol. The zero-order chi connectivity index (χ0) is 15.7. The van der Waals surface area contributed by atoms with Crippen molar-refractivity contribution in [3.05, 3.63) is 29.5 Å². The molecule has 0 bridgehead atoms. The summed E-state index contributed by atoms with van der Waals surface area (Å²) < 4.78 is 11.0. The molecule has 2 aromatic rings. The maximum Gasteiger partial charge on any atom is 0.276 e. The Morgan fingerprint density at radius 3 is 3.00 bits per heavy atom. The smallest absolute Gasteiger partial charge is 0.276 e. The number of aromatic amines is 1. The molecule has 1 N–H and O–H groups in total. The van der Waals surface area contributed by atoms with Crippen molar-refractivity contribution in [3.8, 4) is 0 Å². The number of morpholine rings is 1. The van der Waals surface area contributed by atoms with Crippen molar-refractivity contribution in [3.63, 3.8) is 0 Å². The fraction of sp³-hybridized carbons (Fsp3) is 0.571.